The molecule has 4 nitrogen and oxygen atoms in total. The number of nitrogens with zero attached hydrogens (tertiary/aromatic N) is 2. The zero-order valence-corrected chi connectivity index (χ0v) is 20.0. The average Bonchev–Trinajstić information content (AvgIpc) is 2.43. The highest BCUT2D eigenvalue weighted by atomic mass is 15.1. The van der Waals surface area contributed by atoms with Gasteiger partial charge in [-0.3, -0.25) is 9.98 Å². The number of unbranched alkanes of at least 4 members (excludes halogenated alkanes) is 3. The van der Waals surface area contributed by atoms with E-state index in [1.54, 1.807) is 0 Å². The van der Waals surface area contributed by atoms with E-state index in [4.69, 9.17) is 9.98 Å². The van der Waals surface area contributed by atoms with E-state index in [1.807, 2.05) is 0 Å². The van der Waals surface area contributed by atoms with Crippen LogP contribution in [-0.2, 0) is 0 Å². The summed E-state index contributed by atoms with van der Waals surface area (Å²) in [6.45, 7) is 20.3. The molecule has 0 spiro atoms. The molecule has 2 fully saturated rings. The highest BCUT2D eigenvalue weighted by Gasteiger charge is 2.36. The van der Waals surface area contributed by atoms with E-state index in [-0.39, 0.29) is 22.2 Å². The van der Waals surface area contributed by atoms with Crippen molar-refractivity contribution in [3.8, 4) is 0 Å². The van der Waals surface area contributed by atoms with E-state index < -0.39 is 0 Å². The van der Waals surface area contributed by atoms with E-state index in [0.717, 1.165) is 38.8 Å². The number of aliphatic imine (C=N–C) groups is 2. The summed E-state index contributed by atoms with van der Waals surface area (Å²) in [5.41, 5.74) is 3.46. The van der Waals surface area contributed by atoms with Crippen molar-refractivity contribution in [1.82, 2.24) is 10.6 Å². The van der Waals surface area contributed by atoms with Gasteiger partial charge in [0.2, 0.25) is 0 Å². The lowest BCUT2D eigenvalue weighted by Gasteiger charge is -2.43. The predicted octanol–water partition coefficient (Wildman–Crippen LogP) is 5.31. The highest BCUT2D eigenvalue weighted by Crippen LogP contribution is 2.27. The summed E-state index contributed by atoms with van der Waals surface area (Å²) in [5.74, 6) is 0. The van der Waals surface area contributed by atoms with Gasteiger partial charge in [0.05, 0.1) is 0 Å². The van der Waals surface area contributed by atoms with Crippen molar-refractivity contribution in [1.29, 1.82) is 0 Å². The molecule has 0 aliphatic carbocycles. The third-order valence-corrected chi connectivity index (χ3v) is 5.67. The Kier molecular flexibility index (Phi) is 7.53. The molecule has 0 aromatic carbocycles. The minimum absolute atomic E-state index is 0.164. The number of piperidine rings is 2. The Morgan fingerprint density at radius 2 is 0.821 bits per heavy atom. The summed E-state index contributed by atoms with van der Waals surface area (Å²) in [5, 5.41) is 7.45. The van der Waals surface area contributed by atoms with E-state index in [0.29, 0.717) is 0 Å². The largest absolute Gasteiger partial charge is 0.306 e. The van der Waals surface area contributed by atoms with Gasteiger partial charge in [0.15, 0.2) is 0 Å². The monoisotopic (exact) mass is 390 g/mol. The summed E-state index contributed by atoms with van der Waals surface area (Å²) in [4.78, 5) is 9.88. The Morgan fingerprint density at radius 1 is 0.536 bits per heavy atom. The third-order valence-electron chi connectivity index (χ3n) is 5.67. The molecule has 2 rings (SSSR count). The van der Waals surface area contributed by atoms with Gasteiger partial charge >= 0.3 is 0 Å². The van der Waals surface area contributed by atoms with Crippen LogP contribution in [0.15, 0.2) is 9.98 Å². The molecule has 0 saturated carbocycles. The maximum absolute atomic E-state index is 4.94. The molecule has 0 radical (unpaired) electrons. The van der Waals surface area contributed by atoms with Crippen molar-refractivity contribution in [2.75, 3.05) is 13.1 Å². The molecule has 2 N–H and O–H groups in total. The lowest BCUT2D eigenvalue weighted by atomic mass is 9.81. The quantitative estimate of drug-likeness (QED) is 0.579. The van der Waals surface area contributed by atoms with Crippen molar-refractivity contribution in [3.05, 3.63) is 0 Å². The minimum atomic E-state index is 0.164. The normalized spacial score (nSPS) is 25.4. The summed E-state index contributed by atoms with van der Waals surface area (Å²) in [6.07, 6.45) is 9.27. The van der Waals surface area contributed by atoms with Crippen LogP contribution in [0.3, 0.4) is 0 Å². The van der Waals surface area contributed by atoms with Crippen LogP contribution in [0.5, 0.6) is 0 Å². The topological polar surface area (TPSA) is 48.8 Å². The molecule has 2 saturated heterocycles. The van der Waals surface area contributed by atoms with Crippen molar-refractivity contribution < 1.29 is 0 Å². The van der Waals surface area contributed by atoms with Gasteiger partial charge < -0.3 is 10.6 Å². The van der Waals surface area contributed by atoms with Crippen molar-refractivity contribution in [3.63, 3.8) is 0 Å². The Balaban J connectivity index is 1.65. The van der Waals surface area contributed by atoms with Gasteiger partial charge in [0.25, 0.3) is 0 Å². The van der Waals surface area contributed by atoms with Crippen LogP contribution in [-0.4, -0.2) is 46.7 Å². The maximum Gasteiger partial charge on any atom is 0.0388 e. The molecule has 0 atom stereocenters. The lowest BCUT2D eigenvalue weighted by molar-refractivity contribution is 0.251. The van der Waals surface area contributed by atoms with Gasteiger partial charge in [-0.1, -0.05) is 12.8 Å². The highest BCUT2D eigenvalue weighted by molar-refractivity contribution is 5.88. The first-order chi connectivity index (χ1) is 12.8. The summed E-state index contributed by atoms with van der Waals surface area (Å²) >= 11 is 0. The first kappa shape index (κ1) is 23.5. The van der Waals surface area contributed by atoms with Gasteiger partial charge in [-0.15, -0.1) is 0 Å². The van der Waals surface area contributed by atoms with Crippen LogP contribution in [0.25, 0.3) is 0 Å². The number of rotatable bonds is 7. The molecule has 162 valence electrons. The molecule has 28 heavy (non-hydrogen) atoms. The Hall–Kier alpha value is -0.740. The summed E-state index contributed by atoms with van der Waals surface area (Å²) in [7, 11) is 0. The van der Waals surface area contributed by atoms with E-state index in [2.05, 4.69) is 66.0 Å². The number of hydrogen-bond acceptors (Lipinski definition) is 4. The van der Waals surface area contributed by atoms with Crippen LogP contribution in [0.4, 0.5) is 0 Å². The van der Waals surface area contributed by atoms with Gasteiger partial charge in [-0.25, -0.2) is 0 Å². The van der Waals surface area contributed by atoms with Gasteiger partial charge in [-0.2, -0.15) is 0 Å². The van der Waals surface area contributed by atoms with Crippen LogP contribution in [0.2, 0.25) is 0 Å². The van der Waals surface area contributed by atoms with Crippen molar-refractivity contribution >= 4 is 11.4 Å². The van der Waals surface area contributed by atoms with Crippen LogP contribution in [0, 0.1) is 0 Å². The second kappa shape index (κ2) is 8.95. The molecule has 2 aliphatic heterocycles. The number of nitrogens with one attached hydrogen (secondary N) is 2. The predicted molar refractivity (Wildman–Crippen MR) is 124 cm³/mol. The second-order valence-electron chi connectivity index (χ2n) is 11.8. The molecular formula is C24H46N4. The smallest absolute Gasteiger partial charge is 0.0388 e. The molecule has 4 heteroatoms. The zero-order valence-electron chi connectivity index (χ0n) is 20.0. The van der Waals surface area contributed by atoms with Crippen LogP contribution >= 0.6 is 0 Å². The Morgan fingerprint density at radius 3 is 1.11 bits per heavy atom. The van der Waals surface area contributed by atoms with Gasteiger partial charge in [-0.05, 0) is 68.2 Å². The molecule has 0 aromatic rings. The molecular weight excluding hydrogens is 344 g/mol. The molecule has 2 aliphatic rings. The molecule has 2 heterocycles. The average molecular weight is 391 g/mol. The first-order valence-corrected chi connectivity index (χ1v) is 11.4. The fourth-order valence-corrected chi connectivity index (χ4v) is 5.45. The van der Waals surface area contributed by atoms with Gasteiger partial charge in [0.1, 0.15) is 0 Å². The SMILES string of the molecule is CC1(C)CC(=NCCCCCCN=C2CC(C)(C)NC(C)(C)C2)CC(C)(C)N1. The van der Waals surface area contributed by atoms with E-state index in [9.17, 15) is 0 Å². The standard InChI is InChI=1S/C24H46N4/c1-21(2)15-19(16-22(3,4)27-21)25-13-11-9-10-12-14-26-20-17-23(5,6)28-24(7,8)18-20/h27-28H,9-18H2,1-8H3. The summed E-state index contributed by atoms with van der Waals surface area (Å²) in [6, 6.07) is 0. The van der Waals surface area contributed by atoms with Crippen LogP contribution < -0.4 is 10.6 Å². The van der Waals surface area contributed by atoms with Crippen molar-refractivity contribution in [2.24, 2.45) is 9.98 Å². The Labute approximate surface area is 174 Å². The Bertz CT molecular complexity index is 493. The van der Waals surface area contributed by atoms with Crippen LogP contribution in [0.1, 0.15) is 107 Å². The van der Waals surface area contributed by atoms with E-state index in [1.165, 1.54) is 37.1 Å². The third kappa shape index (κ3) is 8.32. The maximum atomic E-state index is 4.94. The molecule has 0 amide bonds. The molecule has 0 bridgehead atoms. The molecule has 0 aromatic heterocycles. The minimum Gasteiger partial charge on any atom is -0.306 e. The van der Waals surface area contributed by atoms with Crippen molar-refractivity contribution in [2.45, 2.75) is 129 Å². The van der Waals surface area contributed by atoms with Gasteiger partial charge in [0, 0.05) is 72.4 Å². The molecule has 0 unspecified atom stereocenters. The zero-order chi connectivity index (χ0) is 21.1. The lowest BCUT2D eigenvalue weighted by Crippen LogP contribution is -2.58. The second-order valence-corrected chi connectivity index (χ2v) is 11.8. The summed E-state index contributed by atoms with van der Waals surface area (Å²) < 4.78 is 0. The first-order valence-electron chi connectivity index (χ1n) is 11.4. The van der Waals surface area contributed by atoms with E-state index >= 15 is 0 Å². The fourth-order valence-electron chi connectivity index (χ4n) is 5.45. The number of hydrogen-bond donors (Lipinski definition) is 2. The fraction of sp³-hybridized carbons (Fsp3) is 0.917.